The minimum Gasteiger partial charge on any atom is -0.326 e. The lowest BCUT2D eigenvalue weighted by Crippen LogP contribution is -2.15. The number of amides is 1. The number of rotatable bonds is 13. The molecule has 0 saturated carbocycles. The summed E-state index contributed by atoms with van der Waals surface area (Å²) >= 11 is 0. The van der Waals surface area contributed by atoms with Crippen LogP contribution in [-0.4, -0.2) is 24.3 Å². The summed E-state index contributed by atoms with van der Waals surface area (Å²) in [5.74, 6) is -0.0438. The van der Waals surface area contributed by atoms with Gasteiger partial charge in [-0.1, -0.05) is 51.9 Å². The SMILES string of the molecule is CCCCCCCCCCC(=O)Nc1ccc(S(=O)(=O)Nc2ncccn2)cc1. The van der Waals surface area contributed by atoms with Crippen molar-refractivity contribution in [3.05, 3.63) is 42.7 Å². The van der Waals surface area contributed by atoms with Crippen LogP contribution in [0.5, 0.6) is 0 Å². The molecule has 2 rings (SSSR count). The molecule has 1 aromatic carbocycles. The highest BCUT2D eigenvalue weighted by molar-refractivity contribution is 7.92. The van der Waals surface area contributed by atoms with Gasteiger partial charge in [-0.3, -0.25) is 4.79 Å². The summed E-state index contributed by atoms with van der Waals surface area (Å²) in [5.41, 5.74) is 0.574. The molecule has 29 heavy (non-hydrogen) atoms. The summed E-state index contributed by atoms with van der Waals surface area (Å²) in [4.78, 5) is 19.8. The minimum absolute atomic E-state index is 0.00948. The van der Waals surface area contributed by atoms with Crippen molar-refractivity contribution in [3.8, 4) is 0 Å². The van der Waals surface area contributed by atoms with E-state index in [-0.39, 0.29) is 16.8 Å². The van der Waals surface area contributed by atoms with E-state index in [0.29, 0.717) is 12.1 Å². The lowest BCUT2D eigenvalue weighted by Gasteiger charge is -2.08. The Balaban J connectivity index is 1.73. The molecule has 0 saturated heterocycles. The van der Waals surface area contributed by atoms with Crippen molar-refractivity contribution in [2.45, 2.75) is 69.6 Å². The second kappa shape index (κ2) is 12.2. The Hall–Kier alpha value is -2.48. The van der Waals surface area contributed by atoms with Gasteiger partial charge in [-0.2, -0.15) is 0 Å². The second-order valence-corrected chi connectivity index (χ2v) is 8.66. The normalized spacial score (nSPS) is 11.2. The average Bonchev–Trinajstić information content (AvgIpc) is 2.71. The van der Waals surface area contributed by atoms with Crippen LogP contribution < -0.4 is 10.0 Å². The number of benzene rings is 1. The fraction of sp³-hybridized carbons (Fsp3) is 0.476. The third-order valence-corrected chi connectivity index (χ3v) is 5.84. The molecule has 158 valence electrons. The molecule has 2 N–H and O–H groups in total. The van der Waals surface area contributed by atoms with Crippen LogP contribution in [0.15, 0.2) is 47.6 Å². The van der Waals surface area contributed by atoms with E-state index in [0.717, 1.165) is 12.8 Å². The Labute approximate surface area is 173 Å². The number of hydrogen-bond donors (Lipinski definition) is 2. The zero-order chi connectivity index (χ0) is 21.0. The first-order chi connectivity index (χ1) is 14.0. The molecule has 1 amide bonds. The van der Waals surface area contributed by atoms with Gasteiger partial charge < -0.3 is 5.32 Å². The van der Waals surface area contributed by atoms with E-state index in [1.165, 1.54) is 63.1 Å². The van der Waals surface area contributed by atoms with E-state index < -0.39 is 10.0 Å². The van der Waals surface area contributed by atoms with Crippen LogP contribution in [0.1, 0.15) is 64.7 Å². The van der Waals surface area contributed by atoms with Crippen LogP contribution in [-0.2, 0) is 14.8 Å². The molecule has 0 atom stereocenters. The van der Waals surface area contributed by atoms with Crippen LogP contribution in [0.2, 0.25) is 0 Å². The summed E-state index contributed by atoms with van der Waals surface area (Å²) in [6, 6.07) is 7.63. The van der Waals surface area contributed by atoms with Gasteiger partial charge in [0.1, 0.15) is 0 Å². The Morgan fingerprint density at radius 2 is 1.48 bits per heavy atom. The monoisotopic (exact) mass is 418 g/mol. The predicted octanol–water partition coefficient (Wildman–Crippen LogP) is 4.75. The molecular weight excluding hydrogens is 388 g/mol. The van der Waals surface area contributed by atoms with E-state index in [1.54, 1.807) is 18.2 Å². The Morgan fingerprint density at radius 3 is 2.10 bits per heavy atom. The first-order valence-electron chi connectivity index (χ1n) is 10.2. The molecule has 8 heteroatoms. The quantitative estimate of drug-likeness (QED) is 0.457. The smallest absolute Gasteiger partial charge is 0.264 e. The van der Waals surface area contributed by atoms with Gasteiger partial charge in [-0.25, -0.2) is 23.1 Å². The van der Waals surface area contributed by atoms with Crippen LogP contribution in [0.25, 0.3) is 0 Å². The highest BCUT2D eigenvalue weighted by atomic mass is 32.2. The summed E-state index contributed by atoms with van der Waals surface area (Å²) in [5, 5.41) is 2.81. The standard InChI is InChI=1S/C21H30N4O3S/c1-2-3-4-5-6-7-8-9-11-20(26)24-18-12-14-19(15-13-18)29(27,28)25-21-22-16-10-17-23-21/h10,12-17H,2-9,11H2,1H3,(H,24,26)(H,22,23,25). The Bertz CT molecular complexity index is 840. The number of aromatic nitrogens is 2. The maximum absolute atomic E-state index is 12.3. The Morgan fingerprint density at radius 1 is 0.897 bits per heavy atom. The number of nitrogens with zero attached hydrogens (tertiary/aromatic N) is 2. The number of nitrogens with one attached hydrogen (secondary N) is 2. The van der Waals surface area contributed by atoms with Crippen molar-refractivity contribution >= 4 is 27.6 Å². The number of anilines is 2. The molecular formula is C21H30N4O3S. The molecule has 0 spiro atoms. The molecule has 0 aliphatic rings. The third-order valence-electron chi connectivity index (χ3n) is 4.50. The molecule has 0 aliphatic heterocycles. The van der Waals surface area contributed by atoms with Crippen molar-refractivity contribution < 1.29 is 13.2 Å². The van der Waals surface area contributed by atoms with Gasteiger partial charge in [-0.15, -0.1) is 0 Å². The topological polar surface area (TPSA) is 101 Å². The second-order valence-electron chi connectivity index (χ2n) is 6.98. The Kier molecular flexibility index (Phi) is 9.56. The van der Waals surface area contributed by atoms with E-state index in [9.17, 15) is 13.2 Å². The van der Waals surface area contributed by atoms with Gasteiger partial charge in [0.2, 0.25) is 11.9 Å². The molecule has 0 radical (unpaired) electrons. The highest BCUT2D eigenvalue weighted by Crippen LogP contribution is 2.17. The summed E-state index contributed by atoms with van der Waals surface area (Å²) in [6.45, 7) is 2.21. The number of unbranched alkanes of at least 4 members (excludes halogenated alkanes) is 7. The lowest BCUT2D eigenvalue weighted by molar-refractivity contribution is -0.116. The fourth-order valence-corrected chi connectivity index (χ4v) is 3.85. The van der Waals surface area contributed by atoms with Crippen molar-refractivity contribution in [2.24, 2.45) is 0 Å². The zero-order valence-corrected chi connectivity index (χ0v) is 17.7. The number of carbonyl (C=O) groups is 1. The maximum atomic E-state index is 12.3. The largest absolute Gasteiger partial charge is 0.326 e. The van der Waals surface area contributed by atoms with Gasteiger partial charge in [0.05, 0.1) is 4.90 Å². The molecule has 0 bridgehead atoms. The van der Waals surface area contributed by atoms with Gasteiger partial charge in [-0.05, 0) is 36.8 Å². The molecule has 2 aromatic rings. The summed E-state index contributed by atoms with van der Waals surface area (Å²) in [6.07, 6.45) is 12.9. The van der Waals surface area contributed by atoms with E-state index >= 15 is 0 Å². The van der Waals surface area contributed by atoms with Crippen LogP contribution in [0.4, 0.5) is 11.6 Å². The van der Waals surface area contributed by atoms with Crippen molar-refractivity contribution in [1.29, 1.82) is 0 Å². The van der Waals surface area contributed by atoms with Crippen LogP contribution in [0.3, 0.4) is 0 Å². The summed E-state index contributed by atoms with van der Waals surface area (Å²) in [7, 11) is -3.78. The van der Waals surface area contributed by atoms with E-state index in [1.807, 2.05) is 0 Å². The van der Waals surface area contributed by atoms with E-state index in [2.05, 4.69) is 26.9 Å². The van der Waals surface area contributed by atoms with Gasteiger partial charge in [0.15, 0.2) is 0 Å². The van der Waals surface area contributed by atoms with E-state index in [4.69, 9.17) is 0 Å². The molecule has 0 aliphatic carbocycles. The number of carbonyl (C=O) groups excluding carboxylic acids is 1. The van der Waals surface area contributed by atoms with Gasteiger partial charge in [0.25, 0.3) is 10.0 Å². The van der Waals surface area contributed by atoms with Crippen molar-refractivity contribution in [2.75, 3.05) is 10.0 Å². The zero-order valence-electron chi connectivity index (χ0n) is 16.9. The van der Waals surface area contributed by atoms with Crippen LogP contribution >= 0.6 is 0 Å². The predicted molar refractivity (Wildman–Crippen MR) is 115 cm³/mol. The molecule has 0 unspecified atom stereocenters. The number of sulfonamides is 1. The molecule has 7 nitrogen and oxygen atoms in total. The van der Waals surface area contributed by atoms with Crippen molar-refractivity contribution in [1.82, 2.24) is 9.97 Å². The van der Waals surface area contributed by atoms with Crippen molar-refractivity contribution in [3.63, 3.8) is 0 Å². The van der Waals surface area contributed by atoms with Crippen LogP contribution in [0, 0.1) is 0 Å². The summed E-state index contributed by atoms with van der Waals surface area (Å²) < 4.78 is 27.0. The van der Waals surface area contributed by atoms with Gasteiger partial charge in [0, 0.05) is 24.5 Å². The lowest BCUT2D eigenvalue weighted by atomic mass is 10.1. The molecule has 1 heterocycles. The first kappa shape index (κ1) is 22.8. The maximum Gasteiger partial charge on any atom is 0.264 e. The van der Waals surface area contributed by atoms with Gasteiger partial charge >= 0.3 is 0 Å². The minimum atomic E-state index is -3.78. The fourth-order valence-electron chi connectivity index (χ4n) is 2.89. The highest BCUT2D eigenvalue weighted by Gasteiger charge is 2.15. The first-order valence-corrected chi connectivity index (χ1v) is 11.7. The molecule has 0 fully saturated rings. The number of hydrogen-bond acceptors (Lipinski definition) is 5. The molecule has 1 aromatic heterocycles. The average molecular weight is 419 g/mol. The third kappa shape index (κ3) is 8.60.